The zero-order chi connectivity index (χ0) is 22.3. The van der Waals surface area contributed by atoms with E-state index >= 15 is 0 Å². The summed E-state index contributed by atoms with van der Waals surface area (Å²) in [6.45, 7) is 0. The van der Waals surface area contributed by atoms with Gasteiger partial charge in [-0.2, -0.15) is 0 Å². The van der Waals surface area contributed by atoms with Gasteiger partial charge >= 0.3 is 0 Å². The Morgan fingerprint density at radius 1 is 1.19 bits per heavy atom. The van der Waals surface area contributed by atoms with E-state index in [-0.39, 0.29) is 28.5 Å². The van der Waals surface area contributed by atoms with E-state index in [1.807, 2.05) is 0 Å². The zero-order valence-corrected chi connectivity index (χ0v) is 18.0. The molecule has 31 heavy (non-hydrogen) atoms. The third-order valence-electron chi connectivity index (χ3n) is 5.04. The number of nitrogens with two attached hydrogens (primary N) is 1. The number of carbonyl (C=O) groups excluding carboxylic acids is 2. The van der Waals surface area contributed by atoms with Crippen LogP contribution in [-0.4, -0.2) is 24.7 Å². The lowest BCUT2D eigenvalue weighted by atomic mass is 9.93. The number of hydrogen-bond donors (Lipinski definition) is 2. The summed E-state index contributed by atoms with van der Waals surface area (Å²) < 4.78 is 29.2. The van der Waals surface area contributed by atoms with Crippen LogP contribution < -0.4 is 10.5 Å². The fourth-order valence-corrected chi connectivity index (χ4v) is 4.81. The zero-order valence-electron chi connectivity index (χ0n) is 16.4. The van der Waals surface area contributed by atoms with Gasteiger partial charge in [0.25, 0.3) is 15.9 Å². The van der Waals surface area contributed by atoms with Crippen molar-refractivity contribution in [1.29, 1.82) is 0 Å². The topological polar surface area (TPSA) is 111 Å². The Morgan fingerprint density at radius 3 is 2.68 bits per heavy atom. The predicted molar refractivity (Wildman–Crippen MR) is 120 cm³/mol. The molecule has 1 aliphatic carbocycles. The van der Waals surface area contributed by atoms with Gasteiger partial charge < -0.3 is 10.3 Å². The van der Waals surface area contributed by atoms with Crippen LogP contribution >= 0.6 is 11.6 Å². The molecule has 1 heterocycles. The van der Waals surface area contributed by atoms with Crippen molar-refractivity contribution in [2.24, 2.45) is 7.05 Å². The minimum absolute atomic E-state index is 0.0413. The molecule has 0 unspecified atom stereocenters. The van der Waals surface area contributed by atoms with Gasteiger partial charge in [-0.1, -0.05) is 35.9 Å². The number of sulfonamides is 1. The number of nitrogens with zero attached hydrogens (tertiary/aromatic N) is 1. The van der Waals surface area contributed by atoms with Crippen molar-refractivity contribution in [2.45, 2.75) is 11.3 Å². The Balaban J connectivity index is 1.89. The molecule has 0 bridgehead atoms. The lowest BCUT2D eigenvalue weighted by Gasteiger charge is -2.13. The van der Waals surface area contributed by atoms with Gasteiger partial charge in [0.2, 0.25) is 0 Å². The number of Topliss-reactive ketones (excluding diaryl/α,β-unsaturated/α-hetero) is 1. The Labute approximate surface area is 183 Å². The maximum Gasteiger partial charge on any atom is 0.282 e. The third kappa shape index (κ3) is 3.75. The first kappa shape index (κ1) is 20.9. The average Bonchev–Trinajstić information content (AvgIpc) is 2.99. The maximum atomic E-state index is 13.2. The van der Waals surface area contributed by atoms with E-state index in [0.717, 1.165) is 0 Å². The van der Waals surface area contributed by atoms with Gasteiger partial charge in [-0.05, 0) is 36.4 Å². The molecule has 4 rings (SSSR count). The number of rotatable bonds is 4. The number of carbonyl (C=O) groups is 2. The van der Waals surface area contributed by atoms with Crippen LogP contribution in [0.25, 0.3) is 16.5 Å². The van der Waals surface area contributed by atoms with Crippen molar-refractivity contribution in [2.75, 3.05) is 5.73 Å². The van der Waals surface area contributed by atoms with Crippen LogP contribution in [0.15, 0.2) is 65.6 Å². The van der Waals surface area contributed by atoms with Crippen LogP contribution in [0, 0.1) is 0 Å². The number of benzene rings is 2. The SMILES string of the molecule is Cn1c(C(=O)NS(=O)(=O)c2cccc(N)c2)c(C2=CC=CCC2=O)c2cc(Cl)ccc21. The highest BCUT2D eigenvalue weighted by Gasteiger charge is 2.29. The molecule has 0 saturated carbocycles. The van der Waals surface area contributed by atoms with Crippen LogP contribution in [-0.2, 0) is 21.9 Å². The largest absolute Gasteiger partial charge is 0.399 e. The molecule has 0 aliphatic heterocycles. The molecule has 9 heteroatoms. The van der Waals surface area contributed by atoms with Gasteiger partial charge in [0, 0.05) is 46.2 Å². The second-order valence-electron chi connectivity index (χ2n) is 7.09. The lowest BCUT2D eigenvalue weighted by molar-refractivity contribution is -0.113. The molecule has 0 saturated heterocycles. The van der Waals surface area contributed by atoms with Gasteiger partial charge in [0.15, 0.2) is 5.78 Å². The summed E-state index contributed by atoms with van der Waals surface area (Å²) in [5, 5.41) is 1.01. The molecule has 158 valence electrons. The highest BCUT2D eigenvalue weighted by atomic mass is 35.5. The van der Waals surface area contributed by atoms with Crippen molar-refractivity contribution in [3.63, 3.8) is 0 Å². The quantitative estimate of drug-likeness (QED) is 0.585. The highest BCUT2D eigenvalue weighted by molar-refractivity contribution is 7.90. The molecule has 1 aliphatic rings. The number of ketones is 1. The number of allylic oxidation sites excluding steroid dienone is 4. The Morgan fingerprint density at radius 2 is 1.97 bits per heavy atom. The van der Waals surface area contributed by atoms with E-state index in [9.17, 15) is 18.0 Å². The van der Waals surface area contributed by atoms with Gasteiger partial charge in [-0.15, -0.1) is 0 Å². The number of nitrogen functional groups attached to an aromatic ring is 1. The first-order chi connectivity index (χ1) is 14.7. The lowest BCUT2D eigenvalue weighted by Crippen LogP contribution is -2.32. The van der Waals surface area contributed by atoms with Crippen LogP contribution in [0.1, 0.15) is 22.5 Å². The molecular weight excluding hydrogens is 438 g/mol. The van der Waals surface area contributed by atoms with Crippen molar-refractivity contribution in [1.82, 2.24) is 9.29 Å². The number of fused-ring (bicyclic) bond motifs is 1. The number of anilines is 1. The second kappa shape index (κ2) is 7.72. The molecule has 0 atom stereocenters. The molecule has 3 aromatic rings. The molecule has 1 amide bonds. The number of halogens is 1. The standard InChI is InChI=1S/C22H18ClN3O4S/c1-26-18-10-9-13(23)11-17(18)20(16-7-2-3-8-19(16)27)21(26)22(28)25-31(29,30)15-6-4-5-14(24)12-15/h2-7,9-12H,8,24H2,1H3,(H,25,28). The van der Waals surface area contributed by atoms with Crippen molar-refractivity contribution in [3.05, 3.63) is 77.0 Å². The number of amides is 1. The highest BCUT2D eigenvalue weighted by Crippen LogP contribution is 2.35. The smallest absolute Gasteiger partial charge is 0.282 e. The second-order valence-corrected chi connectivity index (χ2v) is 9.21. The number of nitrogens with one attached hydrogen (secondary N) is 1. The molecule has 0 radical (unpaired) electrons. The van der Waals surface area contributed by atoms with E-state index in [4.69, 9.17) is 17.3 Å². The molecule has 1 aromatic heterocycles. The number of aromatic nitrogens is 1. The average molecular weight is 456 g/mol. The summed E-state index contributed by atoms with van der Waals surface area (Å²) in [6, 6.07) is 10.7. The van der Waals surface area contributed by atoms with E-state index < -0.39 is 15.9 Å². The molecule has 0 spiro atoms. The minimum Gasteiger partial charge on any atom is -0.399 e. The maximum absolute atomic E-state index is 13.2. The first-order valence-corrected chi connectivity index (χ1v) is 11.2. The molecular formula is C22H18ClN3O4S. The molecule has 0 fully saturated rings. The normalized spacial score (nSPS) is 14.0. The van der Waals surface area contributed by atoms with Crippen LogP contribution in [0.4, 0.5) is 5.69 Å². The summed E-state index contributed by atoms with van der Waals surface area (Å²) in [6.07, 6.45) is 5.25. The van der Waals surface area contributed by atoms with Crippen molar-refractivity contribution < 1.29 is 18.0 Å². The van der Waals surface area contributed by atoms with Crippen LogP contribution in [0.3, 0.4) is 0 Å². The van der Waals surface area contributed by atoms with E-state index in [1.54, 1.807) is 54.1 Å². The van der Waals surface area contributed by atoms with E-state index in [0.29, 0.717) is 27.1 Å². The monoisotopic (exact) mass is 455 g/mol. The van der Waals surface area contributed by atoms with Crippen LogP contribution in [0.5, 0.6) is 0 Å². The van der Waals surface area contributed by atoms with Gasteiger partial charge in [0.05, 0.1) is 4.90 Å². The van der Waals surface area contributed by atoms with Gasteiger partial charge in [-0.25, -0.2) is 13.1 Å². The molecule has 7 nitrogen and oxygen atoms in total. The summed E-state index contributed by atoms with van der Waals surface area (Å²) in [4.78, 5) is 25.7. The predicted octanol–water partition coefficient (Wildman–Crippen LogP) is 3.45. The summed E-state index contributed by atoms with van der Waals surface area (Å²) in [7, 11) is -2.56. The minimum atomic E-state index is -4.19. The van der Waals surface area contributed by atoms with Gasteiger partial charge in [0.1, 0.15) is 5.69 Å². The molecule has 3 N–H and O–H groups in total. The van der Waals surface area contributed by atoms with E-state index in [2.05, 4.69) is 4.72 Å². The van der Waals surface area contributed by atoms with Crippen molar-refractivity contribution >= 4 is 55.5 Å². The van der Waals surface area contributed by atoms with Crippen molar-refractivity contribution in [3.8, 4) is 0 Å². The third-order valence-corrected chi connectivity index (χ3v) is 6.61. The number of aryl methyl sites for hydroxylation is 1. The Kier molecular flexibility index (Phi) is 5.20. The van der Waals surface area contributed by atoms with Crippen LogP contribution in [0.2, 0.25) is 5.02 Å². The van der Waals surface area contributed by atoms with E-state index in [1.165, 1.54) is 18.2 Å². The molecule has 2 aromatic carbocycles. The first-order valence-electron chi connectivity index (χ1n) is 9.30. The fraction of sp³-hybridized carbons (Fsp3) is 0.0909. The summed E-state index contributed by atoms with van der Waals surface area (Å²) >= 11 is 6.17. The fourth-order valence-electron chi connectivity index (χ4n) is 3.63. The Bertz CT molecular complexity index is 1420. The summed E-state index contributed by atoms with van der Waals surface area (Å²) in [5.41, 5.74) is 7.27. The van der Waals surface area contributed by atoms with Gasteiger partial charge in [-0.3, -0.25) is 9.59 Å². The number of hydrogen-bond acceptors (Lipinski definition) is 5. The Hall–Kier alpha value is -3.36. The summed E-state index contributed by atoms with van der Waals surface area (Å²) in [5.74, 6) is -1.04.